The van der Waals surface area contributed by atoms with Crippen molar-refractivity contribution >= 4 is 29.9 Å². The highest BCUT2D eigenvalue weighted by atomic mass is 127. The van der Waals surface area contributed by atoms with Crippen LogP contribution >= 0.6 is 24.0 Å². The fraction of sp³-hybridized carbons (Fsp3) is 0.565. The maximum Gasteiger partial charge on any atom is 0.218 e. The van der Waals surface area contributed by atoms with Gasteiger partial charge in [-0.15, -0.1) is 24.0 Å². The quantitative estimate of drug-likeness (QED) is 0.299. The van der Waals surface area contributed by atoms with Crippen molar-refractivity contribution in [1.82, 2.24) is 20.5 Å². The van der Waals surface area contributed by atoms with Gasteiger partial charge >= 0.3 is 0 Å². The number of nitrogens with zero attached hydrogens (tertiary/aromatic N) is 3. The molecule has 1 aliphatic carbocycles. The number of pyridine rings is 1. The summed E-state index contributed by atoms with van der Waals surface area (Å²) in [4.78, 5) is 11.3. The second-order valence-corrected chi connectivity index (χ2v) is 8.07. The van der Waals surface area contributed by atoms with Gasteiger partial charge in [0.15, 0.2) is 5.96 Å². The number of halogens is 1. The largest absolute Gasteiger partial charge is 0.474 e. The average molecular weight is 539 g/mol. The third kappa shape index (κ3) is 6.58. The summed E-state index contributed by atoms with van der Waals surface area (Å²) in [5.41, 5.74) is 1.05. The number of likely N-dealkylation sites (tertiary alicyclic amines) is 1. The minimum atomic E-state index is 0. The van der Waals surface area contributed by atoms with Crippen molar-refractivity contribution in [2.45, 2.75) is 57.2 Å². The third-order valence-electron chi connectivity index (χ3n) is 6.02. The highest BCUT2D eigenvalue weighted by Gasteiger charge is 2.25. The standard InChI is InChI=1S/C23H33N5O2.HI/c1-24-23(27-17-20(21-11-7-15-29-21)28-13-4-5-14-28)26-16-18-8-6-12-25-22(18)30-19-9-2-3-10-19;/h6-8,11-12,15,19-20H,2-5,9-10,13-14,16-17H2,1H3,(H2,24,26,27);1H. The third-order valence-corrected chi connectivity index (χ3v) is 6.02. The molecule has 1 aliphatic heterocycles. The Morgan fingerprint density at radius 2 is 2.00 bits per heavy atom. The first-order valence-electron chi connectivity index (χ1n) is 11.2. The van der Waals surface area contributed by atoms with E-state index in [4.69, 9.17) is 9.15 Å². The van der Waals surface area contributed by atoms with E-state index in [1.165, 1.54) is 25.7 Å². The van der Waals surface area contributed by atoms with Gasteiger partial charge in [0.2, 0.25) is 5.88 Å². The number of hydrogen-bond donors (Lipinski definition) is 2. The van der Waals surface area contributed by atoms with Crippen LogP contribution < -0.4 is 15.4 Å². The van der Waals surface area contributed by atoms with Crippen LogP contribution in [-0.2, 0) is 6.54 Å². The molecule has 2 fully saturated rings. The lowest BCUT2D eigenvalue weighted by atomic mass is 10.2. The van der Waals surface area contributed by atoms with Crippen LogP contribution in [0.2, 0.25) is 0 Å². The molecule has 2 aromatic heterocycles. The molecule has 0 spiro atoms. The van der Waals surface area contributed by atoms with Crippen LogP contribution in [0.15, 0.2) is 46.1 Å². The summed E-state index contributed by atoms with van der Waals surface area (Å²) < 4.78 is 11.9. The smallest absolute Gasteiger partial charge is 0.218 e. The van der Waals surface area contributed by atoms with Gasteiger partial charge < -0.3 is 19.8 Å². The average Bonchev–Trinajstić information content (AvgIpc) is 3.56. The van der Waals surface area contributed by atoms with E-state index < -0.39 is 0 Å². The molecule has 1 saturated heterocycles. The van der Waals surface area contributed by atoms with E-state index in [-0.39, 0.29) is 30.0 Å². The van der Waals surface area contributed by atoms with Crippen molar-refractivity contribution in [3.05, 3.63) is 48.0 Å². The molecule has 170 valence electrons. The molecule has 2 aromatic rings. The molecule has 1 unspecified atom stereocenters. The van der Waals surface area contributed by atoms with Crippen molar-refractivity contribution in [2.24, 2.45) is 4.99 Å². The Hall–Kier alpha value is -1.81. The van der Waals surface area contributed by atoms with E-state index in [0.29, 0.717) is 12.6 Å². The SMILES string of the molecule is CN=C(NCc1cccnc1OC1CCCC1)NCC(c1ccco1)N1CCCC1.I. The summed E-state index contributed by atoms with van der Waals surface area (Å²) in [7, 11) is 1.80. The summed E-state index contributed by atoms with van der Waals surface area (Å²) in [6, 6.07) is 8.24. The molecule has 2 N–H and O–H groups in total. The van der Waals surface area contributed by atoms with Crippen molar-refractivity contribution in [2.75, 3.05) is 26.7 Å². The van der Waals surface area contributed by atoms with Gasteiger partial charge in [-0.2, -0.15) is 0 Å². The van der Waals surface area contributed by atoms with Crippen LogP contribution in [0, 0.1) is 0 Å². The van der Waals surface area contributed by atoms with Crippen molar-refractivity contribution in [3.63, 3.8) is 0 Å². The molecule has 3 heterocycles. The predicted molar refractivity (Wildman–Crippen MR) is 133 cm³/mol. The van der Waals surface area contributed by atoms with Gasteiger partial charge in [0, 0.05) is 31.9 Å². The number of aliphatic imine (C=N–C) groups is 1. The molecule has 0 amide bonds. The highest BCUT2D eigenvalue weighted by molar-refractivity contribution is 14.0. The summed E-state index contributed by atoms with van der Waals surface area (Å²) in [6.07, 6.45) is 11.1. The first-order valence-corrected chi connectivity index (χ1v) is 11.2. The Morgan fingerprint density at radius 1 is 1.19 bits per heavy atom. The molecule has 7 nitrogen and oxygen atoms in total. The number of ether oxygens (including phenoxy) is 1. The van der Waals surface area contributed by atoms with E-state index in [1.54, 1.807) is 19.5 Å². The normalized spacial score (nSPS) is 18.5. The van der Waals surface area contributed by atoms with Gasteiger partial charge in [0.1, 0.15) is 11.9 Å². The van der Waals surface area contributed by atoms with Gasteiger partial charge in [-0.1, -0.05) is 6.07 Å². The molecule has 8 heteroatoms. The number of nitrogens with one attached hydrogen (secondary N) is 2. The highest BCUT2D eigenvalue weighted by Crippen LogP contribution is 2.26. The summed E-state index contributed by atoms with van der Waals surface area (Å²) in [5, 5.41) is 6.89. The fourth-order valence-corrected chi connectivity index (χ4v) is 4.37. The van der Waals surface area contributed by atoms with Crippen molar-refractivity contribution in [3.8, 4) is 5.88 Å². The van der Waals surface area contributed by atoms with E-state index in [1.807, 2.05) is 12.1 Å². The van der Waals surface area contributed by atoms with Crippen LogP contribution in [0.25, 0.3) is 0 Å². The lowest BCUT2D eigenvalue weighted by Gasteiger charge is -2.26. The molecule has 0 bridgehead atoms. The summed E-state index contributed by atoms with van der Waals surface area (Å²) in [5.74, 6) is 2.50. The van der Waals surface area contributed by atoms with Crippen molar-refractivity contribution in [1.29, 1.82) is 0 Å². The summed E-state index contributed by atoms with van der Waals surface area (Å²) >= 11 is 0. The first kappa shape index (κ1) is 23.8. The van der Waals surface area contributed by atoms with Crippen LogP contribution in [0.3, 0.4) is 0 Å². The maximum absolute atomic E-state index is 6.16. The Labute approximate surface area is 202 Å². The van der Waals surface area contributed by atoms with Crippen LogP contribution in [0.1, 0.15) is 55.9 Å². The van der Waals surface area contributed by atoms with Crippen LogP contribution in [0.5, 0.6) is 5.88 Å². The van der Waals surface area contributed by atoms with Gasteiger partial charge in [-0.3, -0.25) is 9.89 Å². The van der Waals surface area contributed by atoms with Gasteiger partial charge in [0.05, 0.1) is 12.3 Å². The lowest BCUT2D eigenvalue weighted by molar-refractivity contribution is 0.199. The Bertz CT molecular complexity index is 802. The Balaban J connectivity index is 0.00000272. The molecule has 4 rings (SSSR count). The Morgan fingerprint density at radius 3 is 2.71 bits per heavy atom. The number of guanidine groups is 1. The number of rotatable bonds is 8. The topological polar surface area (TPSA) is 74.9 Å². The number of hydrogen-bond acceptors (Lipinski definition) is 5. The molecule has 2 aliphatic rings. The van der Waals surface area contributed by atoms with Crippen molar-refractivity contribution < 1.29 is 9.15 Å². The molecule has 1 saturated carbocycles. The zero-order valence-corrected chi connectivity index (χ0v) is 20.6. The summed E-state index contributed by atoms with van der Waals surface area (Å²) in [6.45, 7) is 3.57. The lowest BCUT2D eigenvalue weighted by Crippen LogP contribution is -2.42. The molecular weight excluding hydrogens is 505 g/mol. The molecule has 0 radical (unpaired) electrons. The van der Waals surface area contributed by atoms with Gasteiger partial charge in [0.25, 0.3) is 0 Å². The monoisotopic (exact) mass is 539 g/mol. The minimum Gasteiger partial charge on any atom is -0.474 e. The van der Waals surface area contributed by atoms with E-state index >= 15 is 0 Å². The first-order chi connectivity index (χ1) is 14.8. The number of furan rings is 1. The molecule has 0 aromatic carbocycles. The minimum absolute atomic E-state index is 0. The van der Waals surface area contributed by atoms with Gasteiger partial charge in [-0.25, -0.2) is 4.98 Å². The van der Waals surface area contributed by atoms with E-state index in [0.717, 1.165) is 55.6 Å². The number of aromatic nitrogens is 1. The second kappa shape index (κ2) is 12.3. The second-order valence-electron chi connectivity index (χ2n) is 8.07. The predicted octanol–water partition coefficient (Wildman–Crippen LogP) is 4.12. The maximum atomic E-state index is 6.16. The molecule has 31 heavy (non-hydrogen) atoms. The molecule has 1 atom stereocenters. The van der Waals surface area contributed by atoms with E-state index in [9.17, 15) is 0 Å². The molecular formula is C23H34IN5O2. The Kier molecular flexibility index (Phi) is 9.45. The van der Waals surface area contributed by atoms with E-state index in [2.05, 4.69) is 37.6 Å². The zero-order chi connectivity index (χ0) is 20.6. The fourth-order valence-electron chi connectivity index (χ4n) is 4.37. The van der Waals surface area contributed by atoms with Crippen LogP contribution in [0.4, 0.5) is 0 Å². The van der Waals surface area contributed by atoms with Gasteiger partial charge in [-0.05, 0) is 69.8 Å². The van der Waals surface area contributed by atoms with Crippen LogP contribution in [-0.4, -0.2) is 48.6 Å². The zero-order valence-electron chi connectivity index (χ0n) is 18.3.